The van der Waals surface area contributed by atoms with Crippen molar-refractivity contribution in [3.8, 4) is 0 Å². The van der Waals surface area contributed by atoms with Crippen molar-refractivity contribution in [1.82, 2.24) is 5.32 Å². The molecule has 2 rings (SSSR count). The summed E-state index contributed by atoms with van der Waals surface area (Å²) in [5.41, 5.74) is 4.17. The fraction of sp³-hybridized carbons (Fsp3) is 0.571. The number of nitrogens with one attached hydrogen (secondary N) is 1. The van der Waals surface area contributed by atoms with Crippen LogP contribution in [0, 0.1) is 13.8 Å². The first-order valence-electron chi connectivity index (χ1n) is 6.30. The minimum Gasteiger partial charge on any atom is -0.370 e. The van der Waals surface area contributed by atoms with Crippen molar-refractivity contribution in [2.24, 2.45) is 0 Å². The second-order valence-corrected chi connectivity index (χ2v) is 4.73. The van der Waals surface area contributed by atoms with E-state index >= 15 is 0 Å². The Morgan fingerprint density at radius 3 is 2.75 bits per heavy atom. The van der Waals surface area contributed by atoms with E-state index in [1.54, 1.807) is 0 Å². The van der Waals surface area contributed by atoms with E-state index in [1.807, 2.05) is 0 Å². The molecular formula is C14H22N2. The molecule has 1 aromatic carbocycles. The first-order chi connectivity index (χ1) is 7.77. The Bertz CT molecular complexity index is 339. The number of hydrogen-bond acceptors (Lipinski definition) is 2. The Balaban J connectivity index is 2.14. The Morgan fingerprint density at radius 1 is 1.06 bits per heavy atom. The van der Waals surface area contributed by atoms with Gasteiger partial charge in [0.1, 0.15) is 0 Å². The molecule has 0 spiro atoms. The first kappa shape index (κ1) is 11.5. The zero-order chi connectivity index (χ0) is 11.4. The number of anilines is 1. The van der Waals surface area contributed by atoms with Crippen molar-refractivity contribution in [1.29, 1.82) is 0 Å². The summed E-state index contributed by atoms with van der Waals surface area (Å²) in [6.07, 6.45) is 2.59. The minimum atomic E-state index is 1.10. The van der Waals surface area contributed by atoms with Gasteiger partial charge in [-0.25, -0.2) is 0 Å². The van der Waals surface area contributed by atoms with E-state index in [2.05, 4.69) is 42.3 Å². The molecule has 88 valence electrons. The molecule has 1 heterocycles. The van der Waals surface area contributed by atoms with Gasteiger partial charge in [-0.3, -0.25) is 0 Å². The molecule has 2 nitrogen and oxygen atoms in total. The molecule has 0 unspecified atom stereocenters. The fourth-order valence-corrected chi connectivity index (χ4v) is 2.40. The van der Waals surface area contributed by atoms with E-state index in [4.69, 9.17) is 0 Å². The standard InChI is InChI=1S/C14H22N2/c1-12-5-6-14(13(2)11-12)16-9-4-3-7-15-8-10-16/h5-6,11,15H,3-4,7-10H2,1-2H3. The largest absolute Gasteiger partial charge is 0.370 e. The SMILES string of the molecule is Cc1ccc(N2CCCCNCC2)c(C)c1. The van der Waals surface area contributed by atoms with Crippen molar-refractivity contribution >= 4 is 5.69 Å². The summed E-state index contributed by atoms with van der Waals surface area (Å²) < 4.78 is 0. The number of rotatable bonds is 1. The van der Waals surface area contributed by atoms with Crippen molar-refractivity contribution in [2.45, 2.75) is 26.7 Å². The molecule has 0 amide bonds. The van der Waals surface area contributed by atoms with E-state index < -0.39 is 0 Å². The van der Waals surface area contributed by atoms with Crippen molar-refractivity contribution in [2.75, 3.05) is 31.1 Å². The van der Waals surface area contributed by atoms with Gasteiger partial charge in [-0.05, 0) is 44.9 Å². The second kappa shape index (κ2) is 5.35. The maximum absolute atomic E-state index is 3.48. The Morgan fingerprint density at radius 2 is 1.94 bits per heavy atom. The predicted molar refractivity (Wildman–Crippen MR) is 70.2 cm³/mol. The fourth-order valence-electron chi connectivity index (χ4n) is 2.40. The average Bonchev–Trinajstić information content (AvgIpc) is 2.19. The Labute approximate surface area is 98.7 Å². The van der Waals surface area contributed by atoms with Crippen LogP contribution in [0.15, 0.2) is 18.2 Å². The third kappa shape index (κ3) is 2.76. The summed E-state index contributed by atoms with van der Waals surface area (Å²) in [6.45, 7) is 8.99. The lowest BCUT2D eigenvalue weighted by Gasteiger charge is -2.28. The van der Waals surface area contributed by atoms with Crippen LogP contribution in [0.2, 0.25) is 0 Å². The topological polar surface area (TPSA) is 15.3 Å². The first-order valence-corrected chi connectivity index (χ1v) is 6.30. The van der Waals surface area contributed by atoms with Crippen LogP contribution in [-0.2, 0) is 0 Å². The molecule has 0 saturated carbocycles. The number of nitrogens with zero attached hydrogens (tertiary/aromatic N) is 1. The monoisotopic (exact) mass is 218 g/mol. The van der Waals surface area contributed by atoms with Crippen LogP contribution in [0.4, 0.5) is 5.69 Å². The second-order valence-electron chi connectivity index (χ2n) is 4.73. The molecule has 0 atom stereocenters. The zero-order valence-corrected chi connectivity index (χ0v) is 10.4. The Hall–Kier alpha value is -1.02. The molecule has 0 aliphatic carbocycles. The molecule has 0 radical (unpaired) electrons. The highest BCUT2D eigenvalue weighted by atomic mass is 15.1. The van der Waals surface area contributed by atoms with Gasteiger partial charge < -0.3 is 10.2 Å². The molecule has 1 fully saturated rings. The lowest BCUT2D eigenvalue weighted by Crippen LogP contribution is -2.36. The van der Waals surface area contributed by atoms with Crippen LogP contribution in [0.5, 0.6) is 0 Å². The summed E-state index contributed by atoms with van der Waals surface area (Å²) in [5.74, 6) is 0. The number of aryl methyl sites for hydroxylation is 2. The van der Waals surface area contributed by atoms with Gasteiger partial charge in [-0.1, -0.05) is 17.7 Å². The predicted octanol–water partition coefficient (Wildman–Crippen LogP) is 2.49. The van der Waals surface area contributed by atoms with E-state index in [0.29, 0.717) is 0 Å². The van der Waals surface area contributed by atoms with Crippen LogP contribution in [0.3, 0.4) is 0 Å². The van der Waals surface area contributed by atoms with Gasteiger partial charge in [0.2, 0.25) is 0 Å². The molecule has 1 aliphatic rings. The lowest BCUT2D eigenvalue weighted by atomic mass is 10.1. The number of benzene rings is 1. The minimum absolute atomic E-state index is 1.10. The van der Waals surface area contributed by atoms with Gasteiger partial charge in [-0.2, -0.15) is 0 Å². The molecule has 1 saturated heterocycles. The highest BCUT2D eigenvalue weighted by Gasteiger charge is 2.10. The molecule has 0 aromatic heterocycles. The van der Waals surface area contributed by atoms with Crippen molar-refractivity contribution in [3.05, 3.63) is 29.3 Å². The van der Waals surface area contributed by atoms with Crippen LogP contribution in [0.1, 0.15) is 24.0 Å². The molecule has 1 aliphatic heterocycles. The smallest absolute Gasteiger partial charge is 0.0396 e. The third-order valence-electron chi connectivity index (χ3n) is 3.28. The van der Waals surface area contributed by atoms with Gasteiger partial charge >= 0.3 is 0 Å². The molecule has 0 bridgehead atoms. The van der Waals surface area contributed by atoms with Gasteiger partial charge in [-0.15, -0.1) is 0 Å². The van der Waals surface area contributed by atoms with Gasteiger partial charge in [0.15, 0.2) is 0 Å². The summed E-state index contributed by atoms with van der Waals surface area (Å²) in [5, 5.41) is 3.48. The van der Waals surface area contributed by atoms with E-state index in [1.165, 1.54) is 42.7 Å². The molecule has 1 aromatic rings. The molecule has 2 heteroatoms. The van der Waals surface area contributed by atoms with Crippen LogP contribution in [0.25, 0.3) is 0 Å². The summed E-state index contributed by atoms with van der Waals surface area (Å²) in [4.78, 5) is 2.51. The zero-order valence-electron chi connectivity index (χ0n) is 10.4. The van der Waals surface area contributed by atoms with Gasteiger partial charge in [0, 0.05) is 25.3 Å². The maximum Gasteiger partial charge on any atom is 0.0396 e. The van der Waals surface area contributed by atoms with Gasteiger partial charge in [0.05, 0.1) is 0 Å². The highest BCUT2D eigenvalue weighted by Crippen LogP contribution is 2.21. The molecule has 1 N–H and O–H groups in total. The van der Waals surface area contributed by atoms with Gasteiger partial charge in [0.25, 0.3) is 0 Å². The van der Waals surface area contributed by atoms with Crippen LogP contribution < -0.4 is 10.2 Å². The molecular weight excluding hydrogens is 196 g/mol. The quantitative estimate of drug-likeness (QED) is 0.779. The molecule has 16 heavy (non-hydrogen) atoms. The van der Waals surface area contributed by atoms with Crippen molar-refractivity contribution in [3.63, 3.8) is 0 Å². The van der Waals surface area contributed by atoms with Crippen molar-refractivity contribution < 1.29 is 0 Å². The summed E-state index contributed by atoms with van der Waals surface area (Å²) in [6, 6.07) is 6.77. The third-order valence-corrected chi connectivity index (χ3v) is 3.28. The maximum atomic E-state index is 3.48. The summed E-state index contributed by atoms with van der Waals surface area (Å²) >= 11 is 0. The number of hydrogen-bond donors (Lipinski definition) is 1. The normalized spacial score (nSPS) is 18.0. The van der Waals surface area contributed by atoms with E-state index in [0.717, 1.165) is 13.1 Å². The Kier molecular flexibility index (Phi) is 3.83. The van der Waals surface area contributed by atoms with E-state index in [9.17, 15) is 0 Å². The highest BCUT2D eigenvalue weighted by molar-refractivity contribution is 5.54. The van der Waals surface area contributed by atoms with E-state index in [-0.39, 0.29) is 0 Å². The summed E-state index contributed by atoms with van der Waals surface area (Å²) in [7, 11) is 0. The van der Waals surface area contributed by atoms with Crippen LogP contribution >= 0.6 is 0 Å². The average molecular weight is 218 g/mol. The van der Waals surface area contributed by atoms with Crippen LogP contribution in [-0.4, -0.2) is 26.2 Å². The lowest BCUT2D eigenvalue weighted by molar-refractivity contribution is 0.566.